The summed E-state index contributed by atoms with van der Waals surface area (Å²) in [5.74, 6) is 1.33. The molecule has 3 aromatic rings. The van der Waals surface area contributed by atoms with Crippen molar-refractivity contribution in [2.45, 2.75) is 18.9 Å². The van der Waals surface area contributed by atoms with Gasteiger partial charge in [-0.25, -0.2) is 4.79 Å². The Labute approximate surface area is 201 Å². The van der Waals surface area contributed by atoms with Crippen molar-refractivity contribution in [3.63, 3.8) is 0 Å². The van der Waals surface area contributed by atoms with Gasteiger partial charge in [-0.05, 0) is 62.5 Å². The summed E-state index contributed by atoms with van der Waals surface area (Å²) in [4.78, 5) is 27.1. The average Bonchev–Trinajstić information content (AvgIpc) is 2.81. The molecule has 0 unspecified atom stereocenters. The van der Waals surface area contributed by atoms with E-state index < -0.39 is 0 Å². The molecular weight excluding hydrogens is 428 g/mol. The monoisotopic (exact) mass is 460 g/mol. The van der Waals surface area contributed by atoms with E-state index in [0.717, 1.165) is 17.9 Å². The number of hydrogen-bond acceptors (Lipinski definition) is 4. The second-order valence-corrected chi connectivity index (χ2v) is 8.28. The van der Waals surface area contributed by atoms with Crippen molar-refractivity contribution in [2.75, 3.05) is 32.5 Å². The third-order valence-corrected chi connectivity index (χ3v) is 5.06. The standard InChI is InChI=1S/C27H32N4O3/c1-31(2)18-17-28-26(32)20-23(19-21-9-5-3-6-10-21)30-27(33)29-22-13-15-25(16-14-22)34-24-11-7-4-8-12-24/h3-16,23H,17-20H2,1-2H3,(H,28,32)(H2,29,30,33)/t23-/m0/s1. The van der Waals surface area contributed by atoms with Gasteiger partial charge in [0.25, 0.3) is 0 Å². The Bertz CT molecular complexity index is 1020. The van der Waals surface area contributed by atoms with Gasteiger partial charge in [0.2, 0.25) is 5.91 Å². The number of ether oxygens (including phenoxy) is 1. The molecule has 7 nitrogen and oxygen atoms in total. The molecule has 0 bridgehead atoms. The average molecular weight is 461 g/mol. The SMILES string of the molecule is CN(C)CCNC(=O)C[C@H](Cc1ccccc1)NC(=O)Nc1ccc(Oc2ccccc2)cc1. The van der Waals surface area contributed by atoms with E-state index in [0.29, 0.717) is 24.4 Å². The molecule has 3 rings (SSSR count). The molecule has 0 saturated heterocycles. The van der Waals surface area contributed by atoms with Gasteiger partial charge < -0.3 is 25.6 Å². The molecule has 0 fully saturated rings. The Morgan fingerprint density at radius 2 is 1.47 bits per heavy atom. The van der Waals surface area contributed by atoms with Gasteiger partial charge in [-0.15, -0.1) is 0 Å². The molecule has 3 N–H and O–H groups in total. The molecule has 1 atom stereocenters. The fourth-order valence-corrected chi connectivity index (χ4v) is 3.37. The second-order valence-electron chi connectivity index (χ2n) is 8.28. The van der Waals surface area contributed by atoms with Gasteiger partial charge in [0.1, 0.15) is 11.5 Å². The normalized spacial score (nSPS) is 11.5. The molecule has 0 heterocycles. The fourth-order valence-electron chi connectivity index (χ4n) is 3.37. The van der Waals surface area contributed by atoms with E-state index in [-0.39, 0.29) is 24.4 Å². The second kappa shape index (κ2) is 13.0. The Hall–Kier alpha value is -3.84. The number of rotatable bonds is 11. The van der Waals surface area contributed by atoms with E-state index in [9.17, 15) is 9.59 Å². The first-order chi connectivity index (χ1) is 16.5. The number of likely N-dealkylation sites (N-methyl/N-ethyl adjacent to an activating group) is 1. The van der Waals surface area contributed by atoms with Crippen LogP contribution in [0.3, 0.4) is 0 Å². The number of para-hydroxylation sites is 1. The quantitative estimate of drug-likeness (QED) is 0.399. The maximum Gasteiger partial charge on any atom is 0.319 e. The van der Waals surface area contributed by atoms with Gasteiger partial charge in [-0.3, -0.25) is 4.79 Å². The topological polar surface area (TPSA) is 82.7 Å². The number of nitrogens with one attached hydrogen (secondary N) is 3. The first-order valence-electron chi connectivity index (χ1n) is 11.3. The third-order valence-electron chi connectivity index (χ3n) is 5.06. The smallest absolute Gasteiger partial charge is 0.319 e. The molecule has 7 heteroatoms. The van der Waals surface area contributed by atoms with Gasteiger partial charge in [-0.2, -0.15) is 0 Å². The zero-order valence-electron chi connectivity index (χ0n) is 19.7. The van der Waals surface area contributed by atoms with Crippen LogP contribution in [0, 0.1) is 0 Å². The molecular formula is C27H32N4O3. The summed E-state index contributed by atoms with van der Waals surface area (Å²) < 4.78 is 5.78. The fraction of sp³-hybridized carbons (Fsp3) is 0.259. The molecule has 0 saturated carbocycles. The minimum Gasteiger partial charge on any atom is -0.457 e. The molecule has 0 aliphatic heterocycles. The van der Waals surface area contributed by atoms with E-state index in [1.54, 1.807) is 24.3 Å². The Balaban J connectivity index is 1.56. The number of carbonyl (C=O) groups excluding carboxylic acids is 2. The molecule has 3 amide bonds. The van der Waals surface area contributed by atoms with Crippen LogP contribution in [-0.4, -0.2) is 50.1 Å². The number of urea groups is 1. The molecule has 3 aromatic carbocycles. The summed E-state index contributed by atoms with van der Waals surface area (Å²) >= 11 is 0. The third kappa shape index (κ3) is 8.96. The van der Waals surface area contributed by atoms with Crippen LogP contribution in [0.2, 0.25) is 0 Å². The molecule has 0 aromatic heterocycles. The summed E-state index contributed by atoms with van der Waals surface area (Å²) in [5.41, 5.74) is 1.68. The lowest BCUT2D eigenvalue weighted by molar-refractivity contribution is -0.121. The van der Waals surface area contributed by atoms with Crippen LogP contribution in [0.1, 0.15) is 12.0 Å². The van der Waals surface area contributed by atoms with Crippen LogP contribution in [0.5, 0.6) is 11.5 Å². The predicted octanol–water partition coefficient (Wildman–Crippen LogP) is 4.28. The van der Waals surface area contributed by atoms with Crippen LogP contribution < -0.4 is 20.7 Å². The number of amides is 3. The number of benzene rings is 3. The largest absolute Gasteiger partial charge is 0.457 e. The predicted molar refractivity (Wildman–Crippen MR) is 135 cm³/mol. The molecule has 0 aliphatic carbocycles. The van der Waals surface area contributed by atoms with E-state index >= 15 is 0 Å². The van der Waals surface area contributed by atoms with Gasteiger partial charge in [0, 0.05) is 31.2 Å². The Morgan fingerprint density at radius 1 is 0.853 bits per heavy atom. The Kier molecular flexibility index (Phi) is 9.49. The van der Waals surface area contributed by atoms with Crippen molar-refractivity contribution in [3.8, 4) is 11.5 Å². The maximum absolute atomic E-state index is 12.7. The van der Waals surface area contributed by atoms with Gasteiger partial charge in [0.15, 0.2) is 0 Å². The maximum atomic E-state index is 12.7. The van der Waals surface area contributed by atoms with E-state index in [1.165, 1.54) is 0 Å². The van der Waals surface area contributed by atoms with E-state index in [2.05, 4.69) is 16.0 Å². The number of carbonyl (C=O) groups is 2. The van der Waals surface area contributed by atoms with Gasteiger partial charge >= 0.3 is 6.03 Å². The highest BCUT2D eigenvalue weighted by Crippen LogP contribution is 2.22. The highest BCUT2D eigenvalue weighted by molar-refractivity contribution is 5.90. The summed E-state index contributed by atoms with van der Waals surface area (Å²) in [7, 11) is 3.91. The summed E-state index contributed by atoms with van der Waals surface area (Å²) in [5, 5.41) is 8.70. The zero-order valence-corrected chi connectivity index (χ0v) is 19.7. The number of hydrogen-bond donors (Lipinski definition) is 3. The number of nitrogens with zero attached hydrogens (tertiary/aromatic N) is 1. The molecule has 0 aliphatic rings. The van der Waals surface area contributed by atoms with Crippen LogP contribution >= 0.6 is 0 Å². The molecule has 0 spiro atoms. The van der Waals surface area contributed by atoms with Crippen molar-refractivity contribution in [1.29, 1.82) is 0 Å². The first-order valence-corrected chi connectivity index (χ1v) is 11.3. The van der Waals surface area contributed by atoms with E-state index in [4.69, 9.17) is 4.74 Å². The van der Waals surface area contributed by atoms with Crippen LogP contribution in [0.15, 0.2) is 84.9 Å². The highest BCUT2D eigenvalue weighted by atomic mass is 16.5. The summed E-state index contributed by atoms with van der Waals surface area (Å²) in [6, 6.07) is 25.7. The van der Waals surface area contributed by atoms with Crippen LogP contribution in [0.4, 0.5) is 10.5 Å². The summed E-state index contributed by atoms with van der Waals surface area (Å²) in [6.07, 6.45) is 0.749. The van der Waals surface area contributed by atoms with Crippen molar-refractivity contribution < 1.29 is 14.3 Å². The lowest BCUT2D eigenvalue weighted by Crippen LogP contribution is -2.43. The lowest BCUT2D eigenvalue weighted by atomic mass is 10.0. The van der Waals surface area contributed by atoms with Crippen molar-refractivity contribution in [3.05, 3.63) is 90.5 Å². The van der Waals surface area contributed by atoms with Gasteiger partial charge in [0.05, 0.1) is 0 Å². The minimum atomic E-state index is -0.362. The van der Waals surface area contributed by atoms with Crippen LogP contribution in [0.25, 0.3) is 0 Å². The highest BCUT2D eigenvalue weighted by Gasteiger charge is 2.17. The first kappa shape index (κ1) is 24.8. The zero-order chi connectivity index (χ0) is 24.2. The van der Waals surface area contributed by atoms with Gasteiger partial charge in [-0.1, -0.05) is 48.5 Å². The lowest BCUT2D eigenvalue weighted by Gasteiger charge is -2.20. The molecule has 34 heavy (non-hydrogen) atoms. The molecule has 178 valence electrons. The Morgan fingerprint density at radius 3 is 2.12 bits per heavy atom. The summed E-state index contributed by atoms with van der Waals surface area (Å²) in [6.45, 7) is 1.32. The van der Waals surface area contributed by atoms with Crippen molar-refractivity contribution >= 4 is 17.6 Å². The molecule has 0 radical (unpaired) electrons. The van der Waals surface area contributed by atoms with E-state index in [1.807, 2.05) is 79.7 Å². The minimum absolute atomic E-state index is 0.0921. The van der Waals surface area contributed by atoms with Crippen molar-refractivity contribution in [2.24, 2.45) is 0 Å². The van der Waals surface area contributed by atoms with Crippen molar-refractivity contribution in [1.82, 2.24) is 15.5 Å². The van der Waals surface area contributed by atoms with Crippen LogP contribution in [-0.2, 0) is 11.2 Å². The number of anilines is 1.